The van der Waals surface area contributed by atoms with Gasteiger partial charge in [-0.2, -0.15) is 5.26 Å². The lowest BCUT2D eigenvalue weighted by molar-refractivity contribution is -0.117. The number of ether oxygens (including phenoxy) is 2. The maximum absolute atomic E-state index is 11.9. The van der Waals surface area contributed by atoms with Crippen molar-refractivity contribution in [1.82, 2.24) is 5.32 Å². The molecule has 0 saturated heterocycles. The SMILES string of the molecule is C=CCc1cc(/C=C(\C#N)C(=O)NCCOC)cc(OC)c1O. The normalized spacial score (nSPS) is 10.7. The molecule has 0 fully saturated rings. The van der Waals surface area contributed by atoms with Crippen LogP contribution in [0.5, 0.6) is 11.5 Å². The van der Waals surface area contributed by atoms with Crippen LogP contribution in [0.1, 0.15) is 11.1 Å². The molecule has 0 saturated carbocycles. The number of aromatic hydroxyl groups is 1. The summed E-state index contributed by atoms with van der Waals surface area (Å²) in [4.78, 5) is 11.9. The molecule has 2 N–H and O–H groups in total. The molecule has 0 bridgehead atoms. The van der Waals surface area contributed by atoms with Gasteiger partial charge in [0.15, 0.2) is 11.5 Å². The van der Waals surface area contributed by atoms with Crippen LogP contribution in [-0.2, 0) is 16.0 Å². The molecule has 0 spiro atoms. The number of hydrogen-bond donors (Lipinski definition) is 2. The third kappa shape index (κ3) is 5.16. The zero-order chi connectivity index (χ0) is 17.2. The van der Waals surface area contributed by atoms with Gasteiger partial charge in [-0.05, 0) is 30.2 Å². The Bertz CT molecular complexity index is 645. The summed E-state index contributed by atoms with van der Waals surface area (Å²) in [6.45, 7) is 4.31. The molecule has 0 atom stereocenters. The predicted octanol–water partition coefficient (Wildman–Crippen LogP) is 1.80. The summed E-state index contributed by atoms with van der Waals surface area (Å²) in [5, 5.41) is 21.8. The highest BCUT2D eigenvalue weighted by molar-refractivity contribution is 6.01. The van der Waals surface area contributed by atoms with Crippen molar-refractivity contribution in [2.24, 2.45) is 0 Å². The molecule has 0 aliphatic heterocycles. The lowest BCUT2D eigenvalue weighted by Gasteiger charge is -2.10. The highest BCUT2D eigenvalue weighted by Crippen LogP contribution is 2.32. The van der Waals surface area contributed by atoms with Crippen molar-refractivity contribution in [3.05, 3.63) is 41.5 Å². The maximum atomic E-state index is 11.9. The summed E-state index contributed by atoms with van der Waals surface area (Å²) in [6, 6.07) is 5.10. The zero-order valence-electron chi connectivity index (χ0n) is 13.3. The minimum Gasteiger partial charge on any atom is -0.504 e. The van der Waals surface area contributed by atoms with E-state index in [1.165, 1.54) is 20.3 Å². The Labute approximate surface area is 135 Å². The van der Waals surface area contributed by atoms with E-state index in [0.717, 1.165) is 0 Å². The van der Waals surface area contributed by atoms with Gasteiger partial charge in [-0.15, -0.1) is 6.58 Å². The zero-order valence-corrected chi connectivity index (χ0v) is 13.3. The molecule has 1 rings (SSSR count). The number of allylic oxidation sites excluding steroid dienone is 1. The van der Waals surface area contributed by atoms with Gasteiger partial charge in [0.05, 0.1) is 13.7 Å². The molecular weight excluding hydrogens is 296 g/mol. The Morgan fingerprint density at radius 1 is 1.48 bits per heavy atom. The molecule has 0 aromatic heterocycles. The van der Waals surface area contributed by atoms with Crippen molar-refractivity contribution < 1.29 is 19.4 Å². The van der Waals surface area contributed by atoms with Crippen LogP contribution < -0.4 is 10.1 Å². The number of methoxy groups -OCH3 is 2. The van der Waals surface area contributed by atoms with Gasteiger partial charge in [0.2, 0.25) is 0 Å². The average Bonchev–Trinajstić information content (AvgIpc) is 2.55. The Hall–Kier alpha value is -2.78. The van der Waals surface area contributed by atoms with E-state index in [0.29, 0.717) is 30.7 Å². The molecule has 1 aromatic carbocycles. The lowest BCUT2D eigenvalue weighted by Crippen LogP contribution is -2.27. The van der Waals surface area contributed by atoms with Crippen molar-refractivity contribution >= 4 is 12.0 Å². The molecule has 1 amide bonds. The quantitative estimate of drug-likeness (QED) is 0.330. The van der Waals surface area contributed by atoms with E-state index in [2.05, 4.69) is 11.9 Å². The van der Waals surface area contributed by atoms with Crippen LogP contribution in [0.2, 0.25) is 0 Å². The van der Waals surface area contributed by atoms with E-state index in [9.17, 15) is 9.90 Å². The summed E-state index contributed by atoms with van der Waals surface area (Å²) in [5.74, 6) is -0.192. The molecule has 122 valence electrons. The largest absolute Gasteiger partial charge is 0.504 e. The van der Waals surface area contributed by atoms with Crippen LogP contribution in [0.3, 0.4) is 0 Å². The minimum absolute atomic E-state index is 0.0209. The number of amides is 1. The van der Waals surface area contributed by atoms with Crippen LogP contribution >= 0.6 is 0 Å². The number of nitriles is 1. The highest BCUT2D eigenvalue weighted by atomic mass is 16.5. The summed E-state index contributed by atoms with van der Waals surface area (Å²) in [7, 11) is 2.96. The number of nitrogens with zero attached hydrogens (tertiary/aromatic N) is 1. The average molecular weight is 316 g/mol. The second-order valence-electron chi connectivity index (χ2n) is 4.64. The topological polar surface area (TPSA) is 91.6 Å². The lowest BCUT2D eigenvalue weighted by atomic mass is 10.0. The first kappa shape index (κ1) is 18.3. The Morgan fingerprint density at radius 2 is 2.22 bits per heavy atom. The molecule has 6 heteroatoms. The van der Waals surface area contributed by atoms with Crippen molar-refractivity contribution in [3.8, 4) is 17.6 Å². The van der Waals surface area contributed by atoms with E-state index in [4.69, 9.17) is 14.7 Å². The number of hydrogen-bond acceptors (Lipinski definition) is 5. The molecule has 23 heavy (non-hydrogen) atoms. The van der Waals surface area contributed by atoms with Crippen LogP contribution in [0, 0.1) is 11.3 Å². The van der Waals surface area contributed by atoms with Gasteiger partial charge in [0.1, 0.15) is 11.6 Å². The number of benzene rings is 1. The number of phenols is 1. The molecule has 0 heterocycles. The fourth-order valence-corrected chi connectivity index (χ4v) is 1.92. The fraction of sp³-hybridized carbons (Fsp3) is 0.294. The van der Waals surface area contributed by atoms with Gasteiger partial charge < -0.3 is 19.9 Å². The standard InChI is InChI=1S/C17H20N2O4/c1-4-5-13-8-12(10-15(23-3)16(13)20)9-14(11-18)17(21)19-6-7-22-2/h4,8-10,20H,1,5-7H2,2-3H3,(H,19,21)/b14-9+. The molecule has 1 aromatic rings. The number of carbonyl (C=O) groups excluding carboxylic acids is 1. The smallest absolute Gasteiger partial charge is 0.262 e. The van der Waals surface area contributed by atoms with Crippen molar-refractivity contribution in [2.75, 3.05) is 27.4 Å². The first-order valence-electron chi connectivity index (χ1n) is 6.97. The number of carbonyl (C=O) groups is 1. The second kappa shape index (κ2) is 9.28. The van der Waals surface area contributed by atoms with E-state index in [-0.39, 0.29) is 17.1 Å². The summed E-state index contributed by atoms with van der Waals surface area (Å²) < 4.78 is 9.95. The predicted molar refractivity (Wildman–Crippen MR) is 87.0 cm³/mol. The van der Waals surface area contributed by atoms with E-state index >= 15 is 0 Å². The van der Waals surface area contributed by atoms with Gasteiger partial charge in [-0.1, -0.05) is 6.08 Å². The van der Waals surface area contributed by atoms with Crippen molar-refractivity contribution in [3.63, 3.8) is 0 Å². The first-order chi connectivity index (χ1) is 11.1. The van der Waals surface area contributed by atoms with Gasteiger partial charge in [0.25, 0.3) is 5.91 Å². The van der Waals surface area contributed by atoms with Gasteiger partial charge in [-0.25, -0.2) is 0 Å². The molecule has 0 aliphatic rings. The fourth-order valence-electron chi connectivity index (χ4n) is 1.92. The van der Waals surface area contributed by atoms with E-state index in [1.807, 2.05) is 6.07 Å². The van der Waals surface area contributed by atoms with E-state index in [1.54, 1.807) is 18.2 Å². The van der Waals surface area contributed by atoms with Crippen LogP contribution in [0.15, 0.2) is 30.4 Å². The maximum Gasteiger partial charge on any atom is 0.262 e. The van der Waals surface area contributed by atoms with Crippen molar-refractivity contribution in [1.29, 1.82) is 5.26 Å². The summed E-state index contributed by atoms with van der Waals surface area (Å²) in [6.07, 6.45) is 3.52. The molecule has 0 radical (unpaired) electrons. The Morgan fingerprint density at radius 3 is 2.78 bits per heavy atom. The third-order valence-electron chi connectivity index (χ3n) is 3.03. The van der Waals surface area contributed by atoms with Crippen LogP contribution in [-0.4, -0.2) is 38.4 Å². The summed E-state index contributed by atoms with van der Waals surface area (Å²) in [5.41, 5.74) is 1.14. The van der Waals surface area contributed by atoms with Gasteiger partial charge in [-0.3, -0.25) is 4.79 Å². The second-order valence-corrected chi connectivity index (χ2v) is 4.64. The monoisotopic (exact) mass is 316 g/mol. The highest BCUT2D eigenvalue weighted by Gasteiger charge is 2.12. The molecular formula is C17H20N2O4. The van der Waals surface area contributed by atoms with Gasteiger partial charge in [0, 0.05) is 19.2 Å². The number of rotatable bonds is 8. The number of phenolic OH excluding ortho intramolecular Hbond substituents is 1. The molecule has 0 unspecified atom stereocenters. The first-order valence-corrected chi connectivity index (χ1v) is 6.97. The van der Waals surface area contributed by atoms with E-state index < -0.39 is 5.91 Å². The molecule has 0 aliphatic carbocycles. The van der Waals surface area contributed by atoms with Crippen LogP contribution in [0.25, 0.3) is 6.08 Å². The minimum atomic E-state index is -0.484. The number of nitrogens with one attached hydrogen (secondary N) is 1. The Balaban J connectivity index is 3.12. The summed E-state index contributed by atoms with van der Waals surface area (Å²) >= 11 is 0. The molecule has 6 nitrogen and oxygen atoms in total. The van der Waals surface area contributed by atoms with Gasteiger partial charge >= 0.3 is 0 Å². The Kier molecular flexibility index (Phi) is 7.37. The van der Waals surface area contributed by atoms with Crippen molar-refractivity contribution in [2.45, 2.75) is 6.42 Å². The third-order valence-corrected chi connectivity index (χ3v) is 3.03. The van der Waals surface area contributed by atoms with Crippen LogP contribution in [0.4, 0.5) is 0 Å².